The van der Waals surface area contributed by atoms with Crippen LogP contribution in [-0.2, 0) is 9.59 Å². The highest BCUT2D eigenvalue weighted by atomic mass is 16.2. The molecule has 0 saturated carbocycles. The Morgan fingerprint density at radius 3 is 2.18 bits per heavy atom. The van der Waals surface area contributed by atoms with Crippen molar-refractivity contribution in [2.45, 2.75) is 32.7 Å². The third-order valence-corrected chi connectivity index (χ3v) is 2.94. The Kier molecular flexibility index (Phi) is 4.63. The van der Waals surface area contributed by atoms with Crippen molar-refractivity contribution in [2.75, 3.05) is 13.1 Å². The van der Waals surface area contributed by atoms with E-state index in [4.69, 9.17) is 0 Å². The second kappa shape index (κ2) is 5.77. The largest absolute Gasteiger partial charge is 0.295 e. The summed E-state index contributed by atoms with van der Waals surface area (Å²) in [6, 6.07) is -0.196. The number of nitrogens with one attached hydrogen (secondary N) is 1. The van der Waals surface area contributed by atoms with Crippen LogP contribution < -0.4 is 5.32 Å². The molecule has 4 heteroatoms. The van der Waals surface area contributed by atoms with Crippen LogP contribution in [0.1, 0.15) is 26.7 Å². The van der Waals surface area contributed by atoms with Crippen molar-refractivity contribution in [2.24, 2.45) is 0 Å². The highest BCUT2D eigenvalue weighted by Gasteiger charge is 2.34. The van der Waals surface area contributed by atoms with E-state index >= 15 is 0 Å². The number of rotatable bonds is 1. The van der Waals surface area contributed by atoms with Crippen molar-refractivity contribution in [3.05, 3.63) is 24.3 Å². The van der Waals surface area contributed by atoms with E-state index in [9.17, 15) is 9.59 Å². The summed E-state index contributed by atoms with van der Waals surface area (Å²) in [5.74, 6) is -0.359. The Morgan fingerprint density at radius 2 is 1.71 bits per heavy atom. The van der Waals surface area contributed by atoms with Gasteiger partial charge >= 0.3 is 0 Å². The topological polar surface area (TPSA) is 49.4 Å². The van der Waals surface area contributed by atoms with E-state index in [1.807, 2.05) is 18.7 Å². The molecular formula is C13H20N2O2. The molecule has 1 unspecified atom stereocenters. The maximum Gasteiger partial charge on any atom is 0.243 e. The molecule has 2 aliphatic rings. The van der Waals surface area contributed by atoms with Crippen molar-refractivity contribution in [1.29, 1.82) is 0 Å². The van der Waals surface area contributed by atoms with Gasteiger partial charge in [0.25, 0.3) is 0 Å². The van der Waals surface area contributed by atoms with Crippen LogP contribution in [0.4, 0.5) is 0 Å². The first-order valence-corrected chi connectivity index (χ1v) is 6.01. The molecule has 94 valence electrons. The molecule has 0 aliphatic carbocycles. The van der Waals surface area contributed by atoms with Crippen LogP contribution >= 0.6 is 0 Å². The highest BCUT2D eigenvalue weighted by Crippen LogP contribution is 2.23. The lowest BCUT2D eigenvalue weighted by molar-refractivity contribution is -0.137. The van der Waals surface area contributed by atoms with E-state index < -0.39 is 0 Å². The Bertz CT molecular complexity index is 344. The van der Waals surface area contributed by atoms with Crippen molar-refractivity contribution in [3.8, 4) is 0 Å². The number of carbonyl (C=O) groups excluding carboxylic acids is 2. The number of amides is 2. The lowest BCUT2D eigenvalue weighted by atomic mass is 10.1. The van der Waals surface area contributed by atoms with Gasteiger partial charge in [-0.3, -0.25) is 19.8 Å². The third kappa shape index (κ3) is 3.03. The van der Waals surface area contributed by atoms with Crippen LogP contribution in [0, 0.1) is 0 Å². The van der Waals surface area contributed by atoms with Gasteiger partial charge in [0.2, 0.25) is 11.8 Å². The first kappa shape index (κ1) is 13.6. The van der Waals surface area contributed by atoms with Gasteiger partial charge in [-0.05, 0) is 17.6 Å². The molecule has 0 bridgehead atoms. The smallest absolute Gasteiger partial charge is 0.243 e. The minimum atomic E-state index is -0.196. The fraction of sp³-hybridized carbons (Fsp3) is 0.538. The van der Waals surface area contributed by atoms with Crippen LogP contribution in [0.2, 0.25) is 0 Å². The maximum absolute atomic E-state index is 11.6. The minimum Gasteiger partial charge on any atom is -0.295 e. The van der Waals surface area contributed by atoms with Gasteiger partial charge in [0.15, 0.2) is 0 Å². The van der Waals surface area contributed by atoms with E-state index in [1.165, 1.54) is 0 Å². The van der Waals surface area contributed by atoms with E-state index in [-0.39, 0.29) is 17.9 Å². The predicted octanol–water partition coefficient (Wildman–Crippen LogP) is 1.25. The average Bonchev–Trinajstić information content (AvgIpc) is 2.61. The monoisotopic (exact) mass is 236 g/mol. The van der Waals surface area contributed by atoms with Crippen LogP contribution in [0.25, 0.3) is 0 Å². The zero-order valence-corrected chi connectivity index (χ0v) is 10.6. The summed E-state index contributed by atoms with van der Waals surface area (Å²) >= 11 is 0. The van der Waals surface area contributed by atoms with Crippen LogP contribution in [-0.4, -0.2) is 35.8 Å². The molecule has 0 radical (unpaired) electrons. The molecule has 2 amide bonds. The lowest BCUT2D eigenvalue weighted by Crippen LogP contribution is -2.51. The zero-order chi connectivity index (χ0) is 13.0. The van der Waals surface area contributed by atoms with Crippen molar-refractivity contribution >= 4 is 11.8 Å². The molecule has 2 fully saturated rings. The van der Waals surface area contributed by atoms with Gasteiger partial charge < -0.3 is 0 Å². The summed E-state index contributed by atoms with van der Waals surface area (Å²) in [6.45, 7) is 13.1. The second-order valence-corrected chi connectivity index (χ2v) is 4.08. The first-order valence-electron chi connectivity index (χ1n) is 6.01. The number of likely N-dealkylation sites (tertiary alicyclic amines) is 1. The van der Waals surface area contributed by atoms with Crippen molar-refractivity contribution in [3.63, 3.8) is 0 Å². The van der Waals surface area contributed by atoms with E-state index in [1.54, 1.807) is 0 Å². The van der Waals surface area contributed by atoms with Gasteiger partial charge in [-0.25, -0.2) is 0 Å². The van der Waals surface area contributed by atoms with Crippen molar-refractivity contribution < 1.29 is 9.59 Å². The van der Waals surface area contributed by atoms with Crippen LogP contribution in [0.15, 0.2) is 24.3 Å². The molecule has 2 saturated heterocycles. The number of hydrogen-bond donors (Lipinski definition) is 1. The summed E-state index contributed by atoms with van der Waals surface area (Å²) in [5, 5.41) is 2.36. The van der Waals surface area contributed by atoms with Crippen molar-refractivity contribution in [1.82, 2.24) is 10.2 Å². The number of nitrogens with zero attached hydrogens (tertiary/aromatic N) is 1. The standard InChI is InChI=1S/C11H14N2O2.C2H6/c1-7-5-13(6-8(7)2)9-3-4-10(14)12-11(9)15;1-2/h9H,1-6H2,(H,12,14,15);1-2H3. The summed E-state index contributed by atoms with van der Waals surface area (Å²) < 4.78 is 0. The summed E-state index contributed by atoms with van der Waals surface area (Å²) in [6.07, 6.45) is 1.02. The Hall–Kier alpha value is -1.42. The quantitative estimate of drug-likeness (QED) is 0.697. The molecule has 4 nitrogen and oxygen atoms in total. The molecule has 2 rings (SSSR count). The third-order valence-electron chi connectivity index (χ3n) is 2.94. The minimum absolute atomic E-state index is 0.173. The Morgan fingerprint density at radius 1 is 1.18 bits per heavy atom. The van der Waals surface area contributed by atoms with Gasteiger partial charge in [0, 0.05) is 19.5 Å². The summed E-state index contributed by atoms with van der Waals surface area (Å²) in [5.41, 5.74) is 1.97. The molecule has 17 heavy (non-hydrogen) atoms. The average molecular weight is 236 g/mol. The van der Waals surface area contributed by atoms with Gasteiger partial charge in [-0.2, -0.15) is 0 Å². The van der Waals surface area contributed by atoms with Gasteiger partial charge in [-0.1, -0.05) is 27.0 Å². The van der Waals surface area contributed by atoms with Crippen LogP contribution in [0.5, 0.6) is 0 Å². The second-order valence-electron chi connectivity index (χ2n) is 4.08. The van der Waals surface area contributed by atoms with E-state index in [0.29, 0.717) is 25.9 Å². The molecule has 0 spiro atoms. The van der Waals surface area contributed by atoms with Gasteiger partial charge in [0.05, 0.1) is 6.04 Å². The molecular weight excluding hydrogens is 216 g/mol. The number of carbonyl (C=O) groups is 2. The van der Waals surface area contributed by atoms with E-state index in [0.717, 1.165) is 11.1 Å². The molecule has 1 atom stereocenters. The molecule has 0 aromatic rings. The predicted molar refractivity (Wildman–Crippen MR) is 67.4 cm³/mol. The maximum atomic E-state index is 11.6. The SMILES string of the molecule is C=C1CN(C2CCC(=O)NC2=O)CC1=C.CC. The fourth-order valence-corrected chi connectivity index (χ4v) is 2.02. The molecule has 0 aromatic carbocycles. The normalized spacial score (nSPS) is 25.4. The van der Waals surface area contributed by atoms with Gasteiger partial charge in [0.1, 0.15) is 0 Å². The summed E-state index contributed by atoms with van der Waals surface area (Å²) in [4.78, 5) is 24.6. The number of imide groups is 1. The number of piperidine rings is 1. The lowest BCUT2D eigenvalue weighted by Gasteiger charge is -2.28. The molecule has 2 heterocycles. The Labute approximate surface area is 102 Å². The molecule has 2 aliphatic heterocycles. The van der Waals surface area contributed by atoms with E-state index in [2.05, 4.69) is 18.5 Å². The zero-order valence-electron chi connectivity index (χ0n) is 10.6. The Balaban J connectivity index is 0.000000686. The summed E-state index contributed by atoms with van der Waals surface area (Å²) in [7, 11) is 0. The fourth-order valence-electron chi connectivity index (χ4n) is 2.02. The molecule has 0 aromatic heterocycles. The van der Waals surface area contributed by atoms with Crippen LogP contribution in [0.3, 0.4) is 0 Å². The van der Waals surface area contributed by atoms with Gasteiger partial charge in [-0.15, -0.1) is 0 Å². The first-order chi connectivity index (χ1) is 8.08. The number of hydrogen-bond acceptors (Lipinski definition) is 3. The molecule has 1 N–H and O–H groups in total. The highest BCUT2D eigenvalue weighted by molar-refractivity contribution is 6.00.